The van der Waals surface area contributed by atoms with E-state index in [4.69, 9.17) is 0 Å². The largest absolute Gasteiger partial charge is 1.00 e. The van der Waals surface area contributed by atoms with Crippen LogP contribution in [-0.4, -0.2) is 16.1 Å². The summed E-state index contributed by atoms with van der Waals surface area (Å²) in [5, 5.41) is 1.16. The molecule has 0 saturated carbocycles. The summed E-state index contributed by atoms with van der Waals surface area (Å²) in [6.07, 6.45) is 7.08. The molecule has 0 radical (unpaired) electrons. The van der Waals surface area contributed by atoms with Crippen molar-refractivity contribution in [1.29, 1.82) is 0 Å². The van der Waals surface area contributed by atoms with E-state index >= 15 is 0 Å². The van der Waals surface area contributed by atoms with E-state index in [0.29, 0.717) is 5.75 Å². The summed E-state index contributed by atoms with van der Waals surface area (Å²) >= 11 is 1.62. The van der Waals surface area contributed by atoms with Gasteiger partial charge in [-0.2, -0.15) is 0 Å². The number of imidazole rings is 1. The lowest BCUT2D eigenvalue weighted by atomic mass is 10.2. The molecule has 0 aliphatic heterocycles. The van der Waals surface area contributed by atoms with Crippen LogP contribution in [0.4, 0.5) is 0 Å². The quantitative estimate of drug-likeness (QED) is 0.373. The van der Waals surface area contributed by atoms with E-state index in [0.717, 1.165) is 11.6 Å². The first-order valence-corrected chi connectivity index (χ1v) is 7.21. The molecule has 104 valence electrons. The molecule has 0 bridgehead atoms. The van der Waals surface area contributed by atoms with E-state index in [9.17, 15) is 4.79 Å². The van der Waals surface area contributed by atoms with Crippen molar-refractivity contribution in [3.05, 3.63) is 11.9 Å². The van der Waals surface area contributed by atoms with Gasteiger partial charge in [-0.05, 0) is 25.1 Å². The van der Waals surface area contributed by atoms with Gasteiger partial charge in [0.15, 0.2) is 0 Å². The van der Waals surface area contributed by atoms with Gasteiger partial charge in [0.05, 0.1) is 19.8 Å². The lowest BCUT2D eigenvalue weighted by molar-refractivity contribution is -0.709. The van der Waals surface area contributed by atoms with Crippen molar-refractivity contribution in [2.24, 2.45) is 14.1 Å². The minimum atomic E-state index is 0. The van der Waals surface area contributed by atoms with Crippen molar-refractivity contribution in [1.82, 2.24) is 4.57 Å². The zero-order valence-electron chi connectivity index (χ0n) is 11.7. The van der Waals surface area contributed by atoms with Crippen LogP contribution >= 0.6 is 11.8 Å². The highest BCUT2D eigenvalue weighted by Gasteiger charge is 2.18. The number of halogens is 1. The number of ketones is 1. The second kappa shape index (κ2) is 8.75. The van der Waals surface area contributed by atoms with E-state index in [1.54, 1.807) is 18.7 Å². The SMILES string of the molecule is CCCCCc1c[n+](C)c(SCC(C)=O)n1C.[Br-]. The molecule has 0 amide bonds. The zero-order valence-corrected chi connectivity index (χ0v) is 14.1. The maximum absolute atomic E-state index is 11.0. The molecule has 0 fully saturated rings. The van der Waals surface area contributed by atoms with E-state index in [-0.39, 0.29) is 22.8 Å². The Balaban J connectivity index is 0.00000289. The van der Waals surface area contributed by atoms with Crippen molar-refractivity contribution in [2.75, 3.05) is 5.75 Å². The number of aryl methyl sites for hydroxylation is 2. The topological polar surface area (TPSA) is 25.9 Å². The first-order chi connectivity index (χ1) is 8.06. The van der Waals surface area contributed by atoms with Crippen LogP contribution in [0.15, 0.2) is 11.4 Å². The lowest BCUT2D eigenvalue weighted by Gasteiger charge is -1.98. The minimum absolute atomic E-state index is 0. The highest BCUT2D eigenvalue weighted by Crippen LogP contribution is 2.16. The molecule has 0 spiro atoms. The van der Waals surface area contributed by atoms with Gasteiger partial charge in [-0.15, -0.1) is 0 Å². The molecule has 1 aromatic rings. The Hall–Kier alpha value is -0.290. The summed E-state index contributed by atoms with van der Waals surface area (Å²) in [4.78, 5) is 11.0. The summed E-state index contributed by atoms with van der Waals surface area (Å²) in [6, 6.07) is 0. The molecular formula is C13H23BrN2OS. The van der Waals surface area contributed by atoms with Crippen LogP contribution in [0.5, 0.6) is 0 Å². The Bertz CT molecular complexity index is 391. The van der Waals surface area contributed by atoms with Crippen LogP contribution < -0.4 is 21.5 Å². The summed E-state index contributed by atoms with van der Waals surface area (Å²) < 4.78 is 4.33. The van der Waals surface area contributed by atoms with Crippen LogP contribution in [0, 0.1) is 0 Å². The van der Waals surface area contributed by atoms with Crippen molar-refractivity contribution in [3.8, 4) is 0 Å². The number of hydrogen-bond donors (Lipinski definition) is 0. The van der Waals surface area contributed by atoms with Gasteiger partial charge in [0.25, 0.3) is 0 Å². The summed E-state index contributed by atoms with van der Waals surface area (Å²) in [7, 11) is 4.13. The smallest absolute Gasteiger partial charge is 0.318 e. The summed E-state index contributed by atoms with van der Waals surface area (Å²) in [5.41, 5.74) is 1.35. The Morgan fingerprint density at radius 2 is 2.11 bits per heavy atom. The van der Waals surface area contributed by atoms with Crippen LogP contribution in [0.3, 0.4) is 0 Å². The summed E-state index contributed by atoms with van der Waals surface area (Å²) in [6.45, 7) is 3.86. The molecule has 0 N–H and O–H groups in total. The fourth-order valence-electron chi connectivity index (χ4n) is 1.88. The average Bonchev–Trinajstić information content (AvgIpc) is 2.52. The lowest BCUT2D eigenvalue weighted by Crippen LogP contribution is -3.00. The molecular weight excluding hydrogens is 312 g/mol. The van der Waals surface area contributed by atoms with Gasteiger partial charge in [-0.1, -0.05) is 19.8 Å². The fourth-order valence-corrected chi connectivity index (χ4v) is 2.78. The third-order valence-corrected chi connectivity index (χ3v) is 4.17. The van der Waals surface area contributed by atoms with Gasteiger partial charge in [0, 0.05) is 6.42 Å². The third-order valence-electron chi connectivity index (χ3n) is 2.80. The number of rotatable bonds is 7. The Morgan fingerprint density at radius 1 is 1.44 bits per heavy atom. The normalized spacial score (nSPS) is 10.2. The minimum Gasteiger partial charge on any atom is -1.00 e. The summed E-state index contributed by atoms with van der Waals surface area (Å²) in [5.74, 6) is 0.781. The number of carbonyl (C=O) groups excluding carboxylic acids is 1. The fraction of sp³-hybridized carbons (Fsp3) is 0.692. The zero-order chi connectivity index (χ0) is 12.8. The van der Waals surface area contributed by atoms with Crippen molar-refractivity contribution < 1.29 is 26.3 Å². The van der Waals surface area contributed by atoms with Gasteiger partial charge < -0.3 is 17.0 Å². The number of nitrogens with zero attached hydrogens (tertiary/aromatic N) is 2. The van der Waals surface area contributed by atoms with Gasteiger partial charge in [0.2, 0.25) is 0 Å². The molecule has 0 aliphatic rings. The maximum Gasteiger partial charge on any atom is 0.318 e. The van der Waals surface area contributed by atoms with E-state index in [2.05, 4.69) is 29.3 Å². The molecule has 18 heavy (non-hydrogen) atoms. The predicted molar refractivity (Wildman–Crippen MR) is 71.2 cm³/mol. The van der Waals surface area contributed by atoms with Gasteiger partial charge in [-0.25, -0.2) is 9.13 Å². The Morgan fingerprint density at radius 3 is 2.67 bits per heavy atom. The van der Waals surface area contributed by atoms with E-state index in [1.165, 1.54) is 25.0 Å². The number of Topliss-reactive ketones (excluding diaryl/α,β-unsaturated/α-hetero) is 1. The van der Waals surface area contributed by atoms with Crippen LogP contribution in [0.1, 0.15) is 38.8 Å². The molecule has 5 heteroatoms. The molecule has 1 aromatic heterocycles. The van der Waals surface area contributed by atoms with Gasteiger partial charge in [-0.3, -0.25) is 4.79 Å². The molecule has 1 rings (SSSR count). The van der Waals surface area contributed by atoms with Gasteiger partial charge in [0.1, 0.15) is 17.7 Å². The number of thioether (sulfide) groups is 1. The monoisotopic (exact) mass is 334 g/mol. The van der Waals surface area contributed by atoms with Crippen LogP contribution in [-0.2, 0) is 25.3 Å². The standard InChI is InChI=1S/C13H23N2OS.BrH/c1-5-6-7-8-12-9-14(3)13(15(12)4)17-10-11(2)16;/h9H,5-8,10H2,1-4H3;1H/q+1;/p-1. The van der Waals surface area contributed by atoms with Crippen molar-refractivity contribution >= 4 is 17.5 Å². The first kappa shape index (κ1) is 17.7. The Labute approximate surface area is 125 Å². The van der Waals surface area contributed by atoms with E-state index in [1.807, 2.05) is 7.05 Å². The number of aromatic nitrogens is 2. The average molecular weight is 335 g/mol. The molecule has 0 aliphatic carbocycles. The molecule has 0 saturated heterocycles. The molecule has 0 unspecified atom stereocenters. The van der Waals surface area contributed by atoms with Crippen LogP contribution in [0.2, 0.25) is 0 Å². The Kier molecular flexibility index (Phi) is 8.61. The third kappa shape index (κ3) is 5.14. The van der Waals surface area contributed by atoms with Crippen molar-refractivity contribution in [3.63, 3.8) is 0 Å². The van der Waals surface area contributed by atoms with Crippen molar-refractivity contribution in [2.45, 2.75) is 44.7 Å². The number of hydrogen-bond acceptors (Lipinski definition) is 2. The predicted octanol–water partition coefficient (Wildman–Crippen LogP) is -0.733. The first-order valence-electron chi connectivity index (χ1n) is 6.22. The molecule has 0 aromatic carbocycles. The highest BCUT2D eigenvalue weighted by atomic mass is 79.9. The molecule has 0 atom stereocenters. The molecule has 1 heterocycles. The second-order valence-corrected chi connectivity index (χ2v) is 5.46. The highest BCUT2D eigenvalue weighted by molar-refractivity contribution is 7.99. The maximum atomic E-state index is 11.0. The number of unbranched alkanes of at least 4 members (excludes halogenated alkanes) is 2. The molecule has 3 nitrogen and oxygen atoms in total. The van der Waals surface area contributed by atoms with Gasteiger partial charge >= 0.3 is 5.16 Å². The van der Waals surface area contributed by atoms with E-state index < -0.39 is 0 Å². The van der Waals surface area contributed by atoms with Crippen LogP contribution in [0.25, 0.3) is 0 Å². The number of carbonyl (C=O) groups is 1. The second-order valence-electron chi connectivity index (χ2n) is 4.52.